The Kier molecular flexibility index (Phi) is 6.17. The second-order valence-corrected chi connectivity index (χ2v) is 4.95. The van der Waals surface area contributed by atoms with Crippen LogP contribution in [0.5, 0.6) is 0 Å². The molecule has 0 aliphatic carbocycles. The average molecular weight is 252 g/mol. The lowest BCUT2D eigenvalue weighted by molar-refractivity contribution is -0.137. The fourth-order valence-corrected chi connectivity index (χ4v) is 2.40. The minimum Gasteiger partial charge on any atom is -0.384 e. The first-order valence-electron chi connectivity index (χ1n) is 6.62. The van der Waals surface area contributed by atoms with Gasteiger partial charge in [-0.05, 0) is 32.4 Å². The zero-order chi connectivity index (χ0) is 13.4. The molecule has 4 heteroatoms. The summed E-state index contributed by atoms with van der Waals surface area (Å²) in [5, 5.41) is 6.35. The van der Waals surface area contributed by atoms with Gasteiger partial charge in [0.05, 0.1) is 12.0 Å². The summed E-state index contributed by atoms with van der Waals surface area (Å²) in [5.41, 5.74) is -0.387. The Morgan fingerprint density at radius 1 is 1.56 bits per heavy atom. The average Bonchev–Trinajstić information content (AvgIpc) is 2.39. The van der Waals surface area contributed by atoms with Gasteiger partial charge in [-0.25, -0.2) is 0 Å². The van der Waals surface area contributed by atoms with E-state index < -0.39 is 0 Å². The third-order valence-corrected chi connectivity index (χ3v) is 3.66. The molecule has 1 atom stereocenters. The van der Waals surface area contributed by atoms with Gasteiger partial charge in [0.2, 0.25) is 5.91 Å². The van der Waals surface area contributed by atoms with Gasteiger partial charge in [0, 0.05) is 19.6 Å². The molecule has 0 aromatic heterocycles. The Hall–Kier alpha value is -1.05. The molecule has 0 saturated carbocycles. The van der Waals surface area contributed by atoms with Gasteiger partial charge < -0.3 is 15.4 Å². The highest BCUT2D eigenvalue weighted by Crippen LogP contribution is 2.29. The van der Waals surface area contributed by atoms with Crippen LogP contribution in [-0.4, -0.2) is 38.8 Å². The molecule has 1 rings (SSSR count). The van der Waals surface area contributed by atoms with Crippen molar-refractivity contribution in [3.63, 3.8) is 0 Å². The number of hydrogen-bond acceptors (Lipinski definition) is 3. The van der Waals surface area contributed by atoms with Crippen LogP contribution in [0.4, 0.5) is 0 Å². The SMILES string of the molecule is C#CCC(CC)NC(=O)C1(COC)CCNCC1. The normalized spacial score (nSPS) is 19.8. The smallest absolute Gasteiger partial charge is 0.228 e. The van der Waals surface area contributed by atoms with Crippen LogP contribution in [0.25, 0.3) is 0 Å². The van der Waals surface area contributed by atoms with Crippen molar-refractivity contribution in [1.29, 1.82) is 0 Å². The minimum atomic E-state index is -0.387. The molecule has 2 N–H and O–H groups in total. The zero-order valence-corrected chi connectivity index (χ0v) is 11.4. The van der Waals surface area contributed by atoms with Gasteiger partial charge in [0.1, 0.15) is 0 Å². The van der Waals surface area contributed by atoms with Crippen molar-refractivity contribution in [3.05, 3.63) is 0 Å². The van der Waals surface area contributed by atoms with Gasteiger partial charge in [0.25, 0.3) is 0 Å². The fraction of sp³-hybridized carbons (Fsp3) is 0.786. The summed E-state index contributed by atoms with van der Waals surface area (Å²) in [5.74, 6) is 2.70. The van der Waals surface area contributed by atoms with Gasteiger partial charge in [-0.3, -0.25) is 4.79 Å². The molecule has 18 heavy (non-hydrogen) atoms. The van der Waals surface area contributed by atoms with E-state index in [4.69, 9.17) is 11.2 Å². The van der Waals surface area contributed by atoms with Crippen molar-refractivity contribution in [3.8, 4) is 12.3 Å². The van der Waals surface area contributed by atoms with Crippen molar-refractivity contribution in [2.75, 3.05) is 26.8 Å². The maximum atomic E-state index is 12.5. The molecule has 1 heterocycles. The van der Waals surface area contributed by atoms with Crippen molar-refractivity contribution in [2.24, 2.45) is 5.41 Å². The second-order valence-electron chi connectivity index (χ2n) is 4.95. The quantitative estimate of drug-likeness (QED) is 0.691. The van der Waals surface area contributed by atoms with Crippen LogP contribution < -0.4 is 10.6 Å². The van der Waals surface area contributed by atoms with Gasteiger partial charge in [-0.15, -0.1) is 12.3 Å². The Bertz CT molecular complexity index is 298. The fourth-order valence-electron chi connectivity index (χ4n) is 2.40. The molecule has 1 amide bonds. The number of piperidine rings is 1. The molecule has 1 saturated heterocycles. The summed E-state index contributed by atoms with van der Waals surface area (Å²) >= 11 is 0. The summed E-state index contributed by atoms with van der Waals surface area (Å²) in [6.07, 6.45) is 8.40. The largest absolute Gasteiger partial charge is 0.384 e. The molecule has 1 fully saturated rings. The predicted octanol–water partition coefficient (Wildman–Crippen LogP) is 0.921. The number of hydrogen-bond donors (Lipinski definition) is 2. The lowest BCUT2D eigenvalue weighted by Crippen LogP contribution is -2.52. The number of ether oxygens (including phenoxy) is 1. The second kappa shape index (κ2) is 7.40. The van der Waals surface area contributed by atoms with Gasteiger partial charge in [-0.2, -0.15) is 0 Å². The predicted molar refractivity (Wildman–Crippen MR) is 72.1 cm³/mol. The highest BCUT2D eigenvalue weighted by molar-refractivity contribution is 5.83. The molecule has 1 unspecified atom stereocenters. The van der Waals surface area contributed by atoms with Crippen LogP contribution in [0, 0.1) is 17.8 Å². The van der Waals surface area contributed by atoms with E-state index in [1.54, 1.807) is 7.11 Å². The molecule has 0 bridgehead atoms. The van der Waals surface area contributed by atoms with Crippen molar-refractivity contribution in [1.82, 2.24) is 10.6 Å². The Labute approximate surface area is 110 Å². The van der Waals surface area contributed by atoms with Crippen LogP contribution in [0.2, 0.25) is 0 Å². The molecular formula is C14H24N2O2. The molecule has 1 aliphatic rings. The maximum absolute atomic E-state index is 12.5. The maximum Gasteiger partial charge on any atom is 0.228 e. The molecule has 1 aliphatic heterocycles. The van der Waals surface area contributed by atoms with E-state index in [9.17, 15) is 4.79 Å². The Morgan fingerprint density at radius 3 is 2.72 bits per heavy atom. The number of amides is 1. The van der Waals surface area contributed by atoms with Crippen LogP contribution in [0.15, 0.2) is 0 Å². The molecule has 0 radical (unpaired) electrons. The number of carbonyl (C=O) groups is 1. The number of rotatable bonds is 6. The highest BCUT2D eigenvalue weighted by atomic mass is 16.5. The molecule has 4 nitrogen and oxygen atoms in total. The van der Waals surface area contributed by atoms with E-state index in [1.807, 2.05) is 6.92 Å². The topological polar surface area (TPSA) is 50.4 Å². The van der Waals surface area contributed by atoms with Crippen molar-refractivity contribution < 1.29 is 9.53 Å². The van der Waals surface area contributed by atoms with Gasteiger partial charge >= 0.3 is 0 Å². The number of carbonyl (C=O) groups excluding carboxylic acids is 1. The van der Waals surface area contributed by atoms with E-state index in [0.29, 0.717) is 13.0 Å². The lowest BCUT2D eigenvalue weighted by Gasteiger charge is -2.36. The summed E-state index contributed by atoms with van der Waals surface area (Å²) in [4.78, 5) is 12.5. The van der Waals surface area contributed by atoms with E-state index in [-0.39, 0.29) is 17.4 Å². The van der Waals surface area contributed by atoms with E-state index >= 15 is 0 Å². The number of nitrogens with one attached hydrogen (secondary N) is 2. The molecule has 0 aromatic rings. The highest BCUT2D eigenvalue weighted by Gasteiger charge is 2.40. The van der Waals surface area contributed by atoms with Crippen molar-refractivity contribution in [2.45, 2.75) is 38.6 Å². The summed E-state index contributed by atoms with van der Waals surface area (Å²) in [7, 11) is 1.65. The first-order valence-corrected chi connectivity index (χ1v) is 6.62. The molecule has 0 spiro atoms. The summed E-state index contributed by atoms with van der Waals surface area (Å²) in [6, 6.07) is 0.0751. The monoisotopic (exact) mass is 252 g/mol. The first kappa shape index (κ1) is 15.0. The van der Waals surface area contributed by atoms with Crippen LogP contribution in [0.3, 0.4) is 0 Å². The third kappa shape index (κ3) is 3.72. The van der Waals surface area contributed by atoms with Crippen LogP contribution in [0.1, 0.15) is 32.6 Å². The standard InChI is InChI=1S/C14H24N2O2/c1-4-6-12(5-2)16-13(17)14(11-18-3)7-9-15-10-8-14/h1,12,15H,5-11H2,2-3H3,(H,16,17). The van der Waals surface area contributed by atoms with E-state index in [0.717, 1.165) is 32.4 Å². The van der Waals surface area contributed by atoms with E-state index in [2.05, 4.69) is 16.6 Å². The summed E-state index contributed by atoms with van der Waals surface area (Å²) < 4.78 is 5.25. The van der Waals surface area contributed by atoms with Gasteiger partial charge in [0.15, 0.2) is 0 Å². The number of terminal acetylenes is 1. The summed E-state index contributed by atoms with van der Waals surface area (Å²) in [6.45, 7) is 4.24. The van der Waals surface area contributed by atoms with Crippen LogP contribution >= 0.6 is 0 Å². The Morgan fingerprint density at radius 2 is 2.22 bits per heavy atom. The molecule has 102 valence electrons. The zero-order valence-electron chi connectivity index (χ0n) is 11.4. The molecular weight excluding hydrogens is 228 g/mol. The third-order valence-electron chi connectivity index (χ3n) is 3.66. The lowest BCUT2D eigenvalue weighted by atomic mass is 9.78. The van der Waals surface area contributed by atoms with Crippen LogP contribution in [-0.2, 0) is 9.53 Å². The molecule has 0 aromatic carbocycles. The Balaban J connectivity index is 2.67. The van der Waals surface area contributed by atoms with Gasteiger partial charge in [-0.1, -0.05) is 6.92 Å². The first-order chi connectivity index (χ1) is 8.68. The van der Waals surface area contributed by atoms with E-state index in [1.165, 1.54) is 0 Å². The minimum absolute atomic E-state index is 0.0751. The van der Waals surface area contributed by atoms with Crippen molar-refractivity contribution >= 4 is 5.91 Å². The number of methoxy groups -OCH3 is 1.